The Labute approximate surface area is 129 Å². The van der Waals surface area contributed by atoms with Crippen LogP contribution in [-0.2, 0) is 24.7 Å². The average Bonchev–Trinajstić information content (AvgIpc) is 3.02. The first-order valence-electron chi connectivity index (χ1n) is 7.78. The molecule has 1 atom stereocenters. The molecule has 0 aromatic carbocycles. The Bertz CT molecular complexity index is 667. The van der Waals surface area contributed by atoms with Crippen LogP contribution >= 0.6 is 0 Å². The SMILES string of the molecule is Cc1noc(C)c1CCC(=O)N[C@@H]1CCCc2c1cnn2C. The van der Waals surface area contributed by atoms with Crippen molar-refractivity contribution in [3.63, 3.8) is 0 Å². The number of carbonyl (C=O) groups excluding carboxylic acids is 1. The number of fused-ring (bicyclic) bond motifs is 1. The van der Waals surface area contributed by atoms with Crippen molar-refractivity contribution in [1.82, 2.24) is 20.3 Å². The number of carbonyl (C=O) groups is 1. The second-order valence-electron chi connectivity index (χ2n) is 5.99. The highest BCUT2D eigenvalue weighted by Crippen LogP contribution is 2.29. The molecule has 6 heteroatoms. The molecule has 118 valence electrons. The molecule has 22 heavy (non-hydrogen) atoms. The number of aryl methyl sites for hydroxylation is 3. The molecule has 0 fully saturated rings. The van der Waals surface area contributed by atoms with Crippen molar-refractivity contribution in [2.24, 2.45) is 7.05 Å². The molecule has 0 radical (unpaired) electrons. The summed E-state index contributed by atoms with van der Waals surface area (Å²) in [5, 5.41) is 11.4. The van der Waals surface area contributed by atoms with E-state index in [4.69, 9.17) is 4.52 Å². The van der Waals surface area contributed by atoms with Crippen LogP contribution in [0.15, 0.2) is 10.7 Å². The van der Waals surface area contributed by atoms with Crippen LogP contribution < -0.4 is 5.32 Å². The quantitative estimate of drug-likeness (QED) is 0.939. The Hall–Kier alpha value is -2.11. The van der Waals surface area contributed by atoms with Gasteiger partial charge in [0.1, 0.15) is 5.76 Å². The lowest BCUT2D eigenvalue weighted by atomic mass is 9.93. The molecule has 0 unspecified atom stereocenters. The van der Waals surface area contributed by atoms with E-state index in [-0.39, 0.29) is 11.9 Å². The normalized spacial score (nSPS) is 17.3. The van der Waals surface area contributed by atoms with Gasteiger partial charge in [-0.25, -0.2) is 0 Å². The largest absolute Gasteiger partial charge is 0.361 e. The molecule has 2 heterocycles. The topological polar surface area (TPSA) is 73.0 Å². The summed E-state index contributed by atoms with van der Waals surface area (Å²) in [5.74, 6) is 0.874. The maximum atomic E-state index is 12.3. The van der Waals surface area contributed by atoms with Crippen molar-refractivity contribution in [2.45, 2.75) is 52.0 Å². The van der Waals surface area contributed by atoms with E-state index in [1.54, 1.807) is 0 Å². The first kappa shape index (κ1) is 14.8. The zero-order chi connectivity index (χ0) is 15.7. The lowest BCUT2D eigenvalue weighted by Gasteiger charge is -2.23. The summed E-state index contributed by atoms with van der Waals surface area (Å²) in [5.41, 5.74) is 4.32. The van der Waals surface area contributed by atoms with Crippen LogP contribution in [0.2, 0.25) is 0 Å². The lowest BCUT2D eigenvalue weighted by molar-refractivity contribution is -0.121. The number of hydrogen-bond acceptors (Lipinski definition) is 4. The van der Waals surface area contributed by atoms with E-state index in [9.17, 15) is 4.79 Å². The van der Waals surface area contributed by atoms with Crippen LogP contribution in [0.4, 0.5) is 0 Å². The Kier molecular flexibility index (Phi) is 4.00. The third-order valence-corrected chi connectivity index (χ3v) is 4.49. The van der Waals surface area contributed by atoms with Crippen molar-refractivity contribution in [3.8, 4) is 0 Å². The number of aromatic nitrogens is 3. The van der Waals surface area contributed by atoms with Crippen molar-refractivity contribution < 1.29 is 9.32 Å². The van der Waals surface area contributed by atoms with Gasteiger partial charge in [0.2, 0.25) is 5.91 Å². The first-order chi connectivity index (χ1) is 10.6. The van der Waals surface area contributed by atoms with Gasteiger partial charge in [0.25, 0.3) is 0 Å². The fourth-order valence-corrected chi connectivity index (χ4v) is 3.22. The number of nitrogens with zero attached hydrogens (tertiary/aromatic N) is 3. The Morgan fingerprint density at radius 3 is 3.05 bits per heavy atom. The van der Waals surface area contributed by atoms with E-state index in [2.05, 4.69) is 15.6 Å². The highest BCUT2D eigenvalue weighted by Gasteiger charge is 2.24. The molecule has 1 amide bonds. The first-order valence-corrected chi connectivity index (χ1v) is 7.78. The van der Waals surface area contributed by atoms with E-state index in [1.165, 1.54) is 11.3 Å². The van der Waals surface area contributed by atoms with E-state index >= 15 is 0 Å². The summed E-state index contributed by atoms with van der Waals surface area (Å²) < 4.78 is 7.05. The monoisotopic (exact) mass is 302 g/mol. The molecule has 0 spiro atoms. The molecule has 1 aliphatic carbocycles. The summed E-state index contributed by atoms with van der Waals surface area (Å²) >= 11 is 0. The molecule has 0 bridgehead atoms. The molecule has 6 nitrogen and oxygen atoms in total. The predicted molar refractivity (Wildman–Crippen MR) is 81.3 cm³/mol. The summed E-state index contributed by atoms with van der Waals surface area (Å²) in [6.07, 6.45) is 6.11. The van der Waals surface area contributed by atoms with E-state index in [1.807, 2.05) is 31.8 Å². The van der Waals surface area contributed by atoms with Crippen LogP contribution in [0.1, 0.15) is 53.6 Å². The van der Waals surface area contributed by atoms with Crippen LogP contribution in [0.5, 0.6) is 0 Å². The lowest BCUT2D eigenvalue weighted by Crippen LogP contribution is -2.31. The van der Waals surface area contributed by atoms with Crippen molar-refractivity contribution in [3.05, 3.63) is 34.5 Å². The van der Waals surface area contributed by atoms with Gasteiger partial charge in [-0.2, -0.15) is 5.10 Å². The number of hydrogen-bond donors (Lipinski definition) is 1. The minimum absolute atomic E-state index is 0.0710. The Balaban J connectivity index is 1.61. The average molecular weight is 302 g/mol. The third kappa shape index (κ3) is 2.77. The van der Waals surface area contributed by atoms with Crippen LogP contribution in [0, 0.1) is 13.8 Å². The second kappa shape index (κ2) is 5.94. The molecular weight excluding hydrogens is 280 g/mol. The fourth-order valence-electron chi connectivity index (χ4n) is 3.22. The van der Waals surface area contributed by atoms with Crippen molar-refractivity contribution in [1.29, 1.82) is 0 Å². The van der Waals surface area contributed by atoms with Crippen molar-refractivity contribution >= 4 is 5.91 Å². The van der Waals surface area contributed by atoms with E-state index in [0.717, 1.165) is 36.3 Å². The summed E-state index contributed by atoms with van der Waals surface area (Å²) in [6.45, 7) is 3.79. The fraction of sp³-hybridized carbons (Fsp3) is 0.562. The maximum absolute atomic E-state index is 12.3. The molecule has 0 saturated heterocycles. The summed E-state index contributed by atoms with van der Waals surface area (Å²) in [4.78, 5) is 12.3. The highest BCUT2D eigenvalue weighted by molar-refractivity contribution is 5.76. The van der Waals surface area contributed by atoms with Gasteiger partial charge in [-0.05, 0) is 39.5 Å². The zero-order valence-corrected chi connectivity index (χ0v) is 13.3. The van der Waals surface area contributed by atoms with E-state index in [0.29, 0.717) is 12.8 Å². The Morgan fingerprint density at radius 1 is 1.50 bits per heavy atom. The van der Waals surface area contributed by atoms with Gasteiger partial charge in [0.05, 0.1) is 17.9 Å². The second-order valence-corrected chi connectivity index (χ2v) is 5.99. The smallest absolute Gasteiger partial charge is 0.220 e. The zero-order valence-electron chi connectivity index (χ0n) is 13.3. The molecule has 0 saturated carbocycles. The molecule has 2 aromatic heterocycles. The van der Waals surface area contributed by atoms with Gasteiger partial charge in [-0.1, -0.05) is 5.16 Å². The van der Waals surface area contributed by atoms with Gasteiger partial charge >= 0.3 is 0 Å². The Morgan fingerprint density at radius 2 is 2.32 bits per heavy atom. The third-order valence-electron chi connectivity index (χ3n) is 4.49. The number of rotatable bonds is 4. The van der Waals surface area contributed by atoms with Crippen LogP contribution in [0.3, 0.4) is 0 Å². The van der Waals surface area contributed by atoms with Crippen LogP contribution in [0.25, 0.3) is 0 Å². The van der Waals surface area contributed by atoms with Crippen LogP contribution in [-0.4, -0.2) is 20.8 Å². The standard InChI is InChI=1S/C16H22N4O2/c1-10-12(11(2)22-19-10)7-8-16(21)18-14-5-4-6-15-13(14)9-17-20(15)3/h9,14H,4-8H2,1-3H3,(H,18,21)/t14-/m1/s1. The van der Waals surface area contributed by atoms with Crippen molar-refractivity contribution in [2.75, 3.05) is 0 Å². The molecule has 3 rings (SSSR count). The minimum atomic E-state index is 0.0710. The molecule has 1 aliphatic rings. The van der Waals surface area contributed by atoms with Gasteiger partial charge in [-0.15, -0.1) is 0 Å². The molecule has 2 aromatic rings. The number of amides is 1. The van der Waals surface area contributed by atoms with Gasteiger partial charge < -0.3 is 9.84 Å². The van der Waals surface area contributed by atoms with Gasteiger partial charge in [0, 0.05) is 30.3 Å². The number of nitrogens with one attached hydrogen (secondary N) is 1. The highest BCUT2D eigenvalue weighted by atomic mass is 16.5. The molecule has 0 aliphatic heterocycles. The summed E-state index contributed by atoms with van der Waals surface area (Å²) in [6, 6.07) is 0.0922. The molecular formula is C16H22N4O2. The molecule has 1 N–H and O–H groups in total. The van der Waals surface area contributed by atoms with Gasteiger partial charge in [0.15, 0.2) is 0 Å². The summed E-state index contributed by atoms with van der Waals surface area (Å²) in [7, 11) is 1.96. The van der Waals surface area contributed by atoms with Gasteiger partial charge in [-0.3, -0.25) is 9.48 Å². The minimum Gasteiger partial charge on any atom is -0.361 e. The van der Waals surface area contributed by atoms with E-state index < -0.39 is 0 Å². The predicted octanol–water partition coefficient (Wildman–Crippen LogP) is 2.15. The maximum Gasteiger partial charge on any atom is 0.220 e.